The predicted octanol–water partition coefficient (Wildman–Crippen LogP) is 8.89. The largest absolute Gasteiger partial charge is 0.508 e. The molecule has 6 aromatic carbocycles. The SMILES string of the molecule is CC(C)(c1ccc(OS(=O)(=O)c2cccc3c(O)c([N+]#N)ccc23)cc1)c1ccc(C(C)(c2ccc(O)cc2)c2ccc(O)cc2)cc1. The Balaban J connectivity index is 1.28. The highest BCUT2D eigenvalue weighted by molar-refractivity contribution is 7.87. The van der Waals surface area contributed by atoms with Crippen LogP contribution in [0.15, 0.2) is 132 Å². The second kappa shape index (κ2) is 12.1. The highest BCUT2D eigenvalue weighted by Crippen LogP contribution is 2.42. The van der Waals surface area contributed by atoms with Crippen molar-refractivity contribution in [2.75, 3.05) is 0 Å². The highest BCUT2D eigenvalue weighted by atomic mass is 32.2. The fourth-order valence-electron chi connectivity index (χ4n) is 6.18. The lowest BCUT2D eigenvalue weighted by Gasteiger charge is -2.33. The van der Waals surface area contributed by atoms with Crippen LogP contribution in [-0.4, -0.2) is 23.7 Å². The average Bonchev–Trinajstić information content (AvgIpc) is 3.08. The second-order valence-corrected chi connectivity index (χ2v) is 13.9. The minimum atomic E-state index is -4.28. The molecule has 0 saturated carbocycles. The molecule has 0 aliphatic rings. The molecule has 6 rings (SSSR count). The van der Waals surface area contributed by atoms with Gasteiger partial charge in [-0.15, -0.1) is 0 Å². The van der Waals surface area contributed by atoms with Crippen molar-refractivity contribution in [3.63, 3.8) is 0 Å². The van der Waals surface area contributed by atoms with Crippen molar-refractivity contribution in [1.82, 2.24) is 0 Å². The van der Waals surface area contributed by atoms with E-state index in [2.05, 4.69) is 50.0 Å². The minimum Gasteiger partial charge on any atom is -0.508 e. The zero-order valence-corrected chi connectivity index (χ0v) is 27.3. The van der Waals surface area contributed by atoms with Gasteiger partial charge >= 0.3 is 15.8 Å². The van der Waals surface area contributed by atoms with Crippen LogP contribution in [-0.2, 0) is 20.9 Å². The van der Waals surface area contributed by atoms with Crippen LogP contribution in [0.4, 0.5) is 5.69 Å². The molecule has 0 amide bonds. The molecule has 0 fully saturated rings. The van der Waals surface area contributed by atoms with Gasteiger partial charge in [0.15, 0.2) is 4.98 Å². The van der Waals surface area contributed by atoms with Gasteiger partial charge in [0.05, 0.1) is 0 Å². The topological polar surface area (TPSA) is 132 Å². The molecule has 240 valence electrons. The molecule has 6 aromatic rings. The summed E-state index contributed by atoms with van der Waals surface area (Å²) in [6, 6.07) is 36.7. The Morgan fingerprint density at radius 1 is 0.583 bits per heavy atom. The van der Waals surface area contributed by atoms with E-state index < -0.39 is 20.9 Å². The zero-order chi connectivity index (χ0) is 34.3. The van der Waals surface area contributed by atoms with Gasteiger partial charge < -0.3 is 19.5 Å². The number of rotatable bonds is 8. The van der Waals surface area contributed by atoms with Crippen molar-refractivity contribution in [1.29, 1.82) is 5.39 Å². The number of benzene rings is 6. The standard InChI is InChI=1S/C39H32N2O6S/c1-38(2,25-7-9-27(10-8-25)39(3,28-11-17-30(42)18-12-28)29-13-19-31(43)20-14-29)26-15-21-32(22-16-26)47-48(45,46)36-6-4-5-34-33(36)23-24-35(41-40)37(34)44/h4-24H,1-3H3,(H2-,42,43,44)/p+1. The van der Waals surface area contributed by atoms with Gasteiger partial charge in [-0.05, 0) is 83.3 Å². The van der Waals surface area contributed by atoms with Gasteiger partial charge in [-0.1, -0.05) is 86.6 Å². The Morgan fingerprint density at radius 2 is 1.04 bits per heavy atom. The summed E-state index contributed by atoms with van der Waals surface area (Å²) in [5, 5.41) is 39.8. The van der Waals surface area contributed by atoms with Crippen LogP contribution >= 0.6 is 0 Å². The first kappa shape index (κ1) is 32.1. The number of phenolic OH excluding ortho intramolecular Hbond substituents is 3. The molecule has 0 atom stereocenters. The Kier molecular flexibility index (Phi) is 8.07. The van der Waals surface area contributed by atoms with E-state index in [1.54, 1.807) is 36.4 Å². The summed E-state index contributed by atoms with van der Waals surface area (Å²) < 4.78 is 32.2. The molecule has 0 aliphatic carbocycles. The van der Waals surface area contributed by atoms with Gasteiger partial charge in [0.2, 0.25) is 11.1 Å². The molecule has 0 aromatic heterocycles. The third-order valence-corrected chi connectivity index (χ3v) is 10.5. The quantitative estimate of drug-likeness (QED) is 0.0846. The Bertz CT molecular complexity index is 2230. The van der Waals surface area contributed by atoms with E-state index >= 15 is 0 Å². The molecule has 0 spiro atoms. The van der Waals surface area contributed by atoms with Gasteiger partial charge in [0, 0.05) is 27.7 Å². The molecule has 0 aliphatic heterocycles. The predicted molar refractivity (Wildman–Crippen MR) is 185 cm³/mol. The lowest BCUT2D eigenvalue weighted by Crippen LogP contribution is -2.26. The van der Waals surface area contributed by atoms with Crippen LogP contribution in [0.25, 0.3) is 15.7 Å². The first-order valence-corrected chi connectivity index (χ1v) is 16.6. The van der Waals surface area contributed by atoms with Gasteiger partial charge in [-0.3, -0.25) is 0 Å². The summed E-state index contributed by atoms with van der Waals surface area (Å²) >= 11 is 0. The summed E-state index contributed by atoms with van der Waals surface area (Å²) in [4.78, 5) is 2.90. The van der Waals surface area contributed by atoms with E-state index in [1.165, 1.54) is 30.3 Å². The van der Waals surface area contributed by atoms with Gasteiger partial charge in [0.25, 0.3) is 0 Å². The summed E-state index contributed by atoms with van der Waals surface area (Å²) in [7, 11) is -4.28. The molecule has 3 N–H and O–H groups in total. The molecular formula is C39H33N2O6S+. The molecule has 0 unspecified atom stereocenters. The minimum absolute atomic E-state index is 0.0745. The first-order chi connectivity index (χ1) is 22.8. The van der Waals surface area contributed by atoms with Gasteiger partial charge in [-0.2, -0.15) is 8.42 Å². The molecule has 0 radical (unpaired) electrons. The number of phenols is 3. The lowest BCUT2D eigenvalue weighted by molar-refractivity contribution is 0.474. The van der Waals surface area contributed by atoms with Crippen molar-refractivity contribution in [2.45, 2.75) is 36.5 Å². The zero-order valence-electron chi connectivity index (χ0n) is 26.5. The van der Waals surface area contributed by atoms with E-state index in [-0.39, 0.29) is 44.4 Å². The van der Waals surface area contributed by atoms with Crippen LogP contribution < -0.4 is 4.18 Å². The molecule has 0 heterocycles. The summed E-state index contributed by atoms with van der Waals surface area (Å²) in [6.45, 7) is 6.29. The van der Waals surface area contributed by atoms with E-state index in [4.69, 9.17) is 9.58 Å². The van der Waals surface area contributed by atoms with Gasteiger partial charge in [-0.25, -0.2) is 0 Å². The third-order valence-electron chi connectivity index (χ3n) is 9.20. The average molecular weight is 658 g/mol. The van der Waals surface area contributed by atoms with E-state index in [1.807, 2.05) is 36.4 Å². The summed E-state index contributed by atoms with van der Waals surface area (Å²) in [6.07, 6.45) is 0. The number of diazo groups is 1. The molecule has 9 heteroatoms. The van der Waals surface area contributed by atoms with E-state index in [0.29, 0.717) is 0 Å². The van der Waals surface area contributed by atoms with Crippen LogP contribution in [0.2, 0.25) is 0 Å². The van der Waals surface area contributed by atoms with Crippen molar-refractivity contribution >= 4 is 26.6 Å². The van der Waals surface area contributed by atoms with Gasteiger partial charge in [0.1, 0.15) is 22.1 Å². The van der Waals surface area contributed by atoms with Crippen molar-refractivity contribution in [3.8, 4) is 23.0 Å². The molecule has 0 bridgehead atoms. The maximum absolute atomic E-state index is 13.3. The summed E-state index contributed by atoms with van der Waals surface area (Å²) in [5.74, 6) is 0.158. The fourth-order valence-corrected chi connectivity index (χ4v) is 7.32. The van der Waals surface area contributed by atoms with Crippen LogP contribution in [0.3, 0.4) is 0 Å². The monoisotopic (exact) mass is 657 g/mol. The number of aromatic hydroxyl groups is 3. The number of hydrogen-bond donors (Lipinski definition) is 3. The normalized spacial score (nSPS) is 12.0. The maximum Gasteiger partial charge on any atom is 0.426 e. The number of fused-ring (bicyclic) bond motifs is 1. The molecular weight excluding hydrogens is 625 g/mol. The first-order valence-electron chi connectivity index (χ1n) is 15.2. The lowest BCUT2D eigenvalue weighted by atomic mass is 9.70. The molecule has 8 nitrogen and oxygen atoms in total. The summed E-state index contributed by atoms with van der Waals surface area (Å²) in [5.41, 5.74) is 3.86. The number of nitrogens with zero attached hydrogens (tertiary/aromatic N) is 2. The smallest absolute Gasteiger partial charge is 0.426 e. The van der Waals surface area contributed by atoms with E-state index in [0.717, 1.165) is 27.8 Å². The fraction of sp³-hybridized carbons (Fsp3) is 0.128. The number of hydrogen-bond acceptors (Lipinski definition) is 7. The molecule has 0 saturated heterocycles. The Morgan fingerprint density at radius 3 is 1.54 bits per heavy atom. The van der Waals surface area contributed by atoms with E-state index in [9.17, 15) is 23.7 Å². The molecule has 48 heavy (non-hydrogen) atoms. The van der Waals surface area contributed by atoms with Crippen LogP contribution in [0, 0.1) is 5.39 Å². The maximum atomic E-state index is 13.3. The van der Waals surface area contributed by atoms with Crippen molar-refractivity contribution < 1.29 is 27.9 Å². The van der Waals surface area contributed by atoms with Crippen molar-refractivity contribution in [2.24, 2.45) is 0 Å². The third kappa shape index (κ3) is 5.67. The van der Waals surface area contributed by atoms with Crippen molar-refractivity contribution in [3.05, 3.63) is 160 Å². The second-order valence-electron chi connectivity index (χ2n) is 12.4. The van der Waals surface area contributed by atoms with Crippen LogP contribution in [0.1, 0.15) is 48.6 Å². The Hall–Kier alpha value is -5.85. The van der Waals surface area contributed by atoms with Crippen LogP contribution in [0.5, 0.6) is 23.0 Å². The Labute approximate surface area is 278 Å². The highest BCUT2D eigenvalue weighted by Gasteiger charge is 2.32.